The smallest absolute Gasteiger partial charge is 0.240 e. The average Bonchev–Trinajstić information content (AvgIpc) is 3.43. The zero-order valence-corrected chi connectivity index (χ0v) is 15.9. The largest absolute Gasteiger partial charge is 0.463 e. The molecule has 0 radical (unpaired) electrons. The van der Waals surface area contributed by atoms with Gasteiger partial charge in [-0.3, -0.25) is 19.5 Å². The molecule has 4 heterocycles. The first-order valence-corrected chi connectivity index (χ1v) is 10.3. The standard InChI is InChI=1S/C18H16N4O3S2/c23-14(10-22-7-9-26-11-22)20-18-21-15(13-5-3-8-25-13)17(27-18)16(24)12-4-1-2-6-19-12/h1-6,8H,7,9-11H2,(H,20,21,23). The second-order valence-electron chi connectivity index (χ2n) is 5.86. The molecule has 1 aliphatic heterocycles. The van der Waals surface area contributed by atoms with E-state index < -0.39 is 0 Å². The molecule has 27 heavy (non-hydrogen) atoms. The van der Waals surface area contributed by atoms with Gasteiger partial charge < -0.3 is 9.73 Å². The van der Waals surface area contributed by atoms with Gasteiger partial charge in [-0.05, 0) is 24.3 Å². The Kier molecular flexibility index (Phi) is 5.33. The van der Waals surface area contributed by atoms with Crippen LogP contribution in [0, 0.1) is 0 Å². The number of nitrogens with zero attached hydrogens (tertiary/aromatic N) is 3. The van der Waals surface area contributed by atoms with Crippen LogP contribution in [-0.4, -0.2) is 51.3 Å². The highest BCUT2D eigenvalue weighted by Gasteiger charge is 2.24. The van der Waals surface area contributed by atoms with Gasteiger partial charge in [0.05, 0.1) is 12.8 Å². The Balaban J connectivity index is 1.60. The minimum Gasteiger partial charge on any atom is -0.463 e. The second-order valence-corrected chi connectivity index (χ2v) is 7.93. The molecule has 3 aromatic heterocycles. The number of thioether (sulfide) groups is 1. The predicted molar refractivity (Wildman–Crippen MR) is 105 cm³/mol. The number of pyridine rings is 1. The number of ketones is 1. The fourth-order valence-corrected chi connectivity index (χ4v) is 4.59. The third-order valence-corrected chi connectivity index (χ3v) is 5.91. The molecule has 1 aliphatic rings. The lowest BCUT2D eigenvalue weighted by Gasteiger charge is -2.11. The minimum absolute atomic E-state index is 0.144. The number of nitrogens with one attached hydrogen (secondary N) is 1. The lowest BCUT2D eigenvalue weighted by molar-refractivity contribution is -0.117. The first-order chi connectivity index (χ1) is 13.2. The molecule has 1 fully saturated rings. The number of furan rings is 1. The Morgan fingerprint density at radius 2 is 2.19 bits per heavy atom. The quantitative estimate of drug-likeness (QED) is 0.636. The van der Waals surface area contributed by atoms with E-state index in [1.165, 1.54) is 6.26 Å². The Morgan fingerprint density at radius 3 is 2.89 bits per heavy atom. The molecule has 4 rings (SSSR count). The number of amides is 1. The third kappa shape index (κ3) is 4.10. The van der Waals surface area contributed by atoms with Gasteiger partial charge in [-0.1, -0.05) is 17.4 Å². The maximum Gasteiger partial charge on any atom is 0.240 e. The molecule has 1 saturated heterocycles. The molecule has 0 spiro atoms. The van der Waals surface area contributed by atoms with Gasteiger partial charge in [-0.2, -0.15) is 0 Å². The van der Waals surface area contributed by atoms with E-state index in [4.69, 9.17) is 4.42 Å². The van der Waals surface area contributed by atoms with Gasteiger partial charge in [0.25, 0.3) is 0 Å². The fourth-order valence-electron chi connectivity index (χ4n) is 2.66. The number of rotatable bonds is 6. The summed E-state index contributed by atoms with van der Waals surface area (Å²) in [5.41, 5.74) is 0.730. The molecule has 9 heteroatoms. The van der Waals surface area contributed by atoms with Gasteiger partial charge in [0.1, 0.15) is 16.3 Å². The summed E-state index contributed by atoms with van der Waals surface area (Å²) in [6.45, 7) is 1.21. The van der Waals surface area contributed by atoms with Crippen molar-refractivity contribution in [3.8, 4) is 11.5 Å². The SMILES string of the molecule is O=C(CN1CCSC1)Nc1nc(-c2ccco2)c(C(=O)c2ccccn2)s1. The Labute approximate surface area is 163 Å². The molecule has 0 aromatic carbocycles. The number of hydrogen-bond donors (Lipinski definition) is 1. The minimum atomic E-state index is -0.254. The van der Waals surface area contributed by atoms with Crippen molar-refractivity contribution in [2.45, 2.75) is 0 Å². The number of hydrogen-bond acceptors (Lipinski definition) is 8. The van der Waals surface area contributed by atoms with Crippen LogP contribution in [0.1, 0.15) is 15.4 Å². The zero-order valence-electron chi connectivity index (χ0n) is 14.3. The van der Waals surface area contributed by atoms with Crippen molar-refractivity contribution in [1.29, 1.82) is 0 Å². The van der Waals surface area contributed by atoms with Gasteiger partial charge >= 0.3 is 0 Å². The van der Waals surface area contributed by atoms with Gasteiger partial charge in [0.2, 0.25) is 11.7 Å². The molecule has 0 bridgehead atoms. The van der Waals surface area contributed by atoms with Gasteiger partial charge in [0, 0.05) is 24.4 Å². The highest BCUT2D eigenvalue weighted by molar-refractivity contribution is 7.99. The lowest BCUT2D eigenvalue weighted by atomic mass is 10.1. The fraction of sp³-hybridized carbons (Fsp3) is 0.222. The highest BCUT2D eigenvalue weighted by atomic mass is 32.2. The normalized spacial score (nSPS) is 14.4. The van der Waals surface area contributed by atoms with Gasteiger partial charge in [0.15, 0.2) is 10.9 Å². The van der Waals surface area contributed by atoms with E-state index in [2.05, 4.69) is 20.2 Å². The van der Waals surface area contributed by atoms with Crippen molar-refractivity contribution in [1.82, 2.24) is 14.9 Å². The summed E-state index contributed by atoms with van der Waals surface area (Å²) < 4.78 is 5.42. The van der Waals surface area contributed by atoms with E-state index in [0.29, 0.717) is 33.7 Å². The van der Waals surface area contributed by atoms with Crippen LogP contribution in [0.5, 0.6) is 0 Å². The summed E-state index contributed by atoms with van der Waals surface area (Å²) in [5, 5.41) is 3.17. The number of carbonyl (C=O) groups excluding carboxylic acids is 2. The van der Waals surface area contributed by atoms with E-state index >= 15 is 0 Å². The van der Waals surface area contributed by atoms with E-state index in [1.807, 2.05) is 0 Å². The van der Waals surface area contributed by atoms with Crippen LogP contribution in [0.2, 0.25) is 0 Å². The van der Waals surface area contributed by atoms with E-state index in [-0.39, 0.29) is 11.7 Å². The van der Waals surface area contributed by atoms with Crippen molar-refractivity contribution < 1.29 is 14.0 Å². The first kappa shape index (κ1) is 17.9. The summed E-state index contributed by atoms with van der Waals surface area (Å²) in [6, 6.07) is 8.62. The molecule has 1 amide bonds. The molecular weight excluding hydrogens is 384 g/mol. The van der Waals surface area contributed by atoms with E-state index in [0.717, 1.165) is 29.5 Å². The number of carbonyl (C=O) groups is 2. The summed E-state index contributed by atoms with van der Waals surface area (Å²) in [7, 11) is 0. The zero-order chi connectivity index (χ0) is 18.6. The van der Waals surface area contributed by atoms with Gasteiger partial charge in [-0.15, -0.1) is 11.8 Å². The van der Waals surface area contributed by atoms with Crippen LogP contribution < -0.4 is 5.32 Å². The Bertz CT molecular complexity index is 935. The van der Waals surface area contributed by atoms with Crippen LogP contribution in [0.4, 0.5) is 5.13 Å². The summed E-state index contributed by atoms with van der Waals surface area (Å²) >= 11 is 2.94. The Morgan fingerprint density at radius 1 is 1.26 bits per heavy atom. The highest BCUT2D eigenvalue weighted by Crippen LogP contribution is 2.33. The van der Waals surface area contributed by atoms with Crippen molar-refractivity contribution >= 4 is 39.9 Å². The van der Waals surface area contributed by atoms with Crippen LogP contribution in [-0.2, 0) is 4.79 Å². The molecule has 1 N–H and O–H groups in total. The Hall–Kier alpha value is -2.49. The van der Waals surface area contributed by atoms with E-state index in [1.54, 1.807) is 48.3 Å². The lowest BCUT2D eigenvalue weighted by Crippen LogP contribution is -2.30. The second kappa shape index (κ2) is 8.03. The van der Waals surface area contributed by atoms with Crippen molar-refractivity contribution in [3.63, 3.8) is 0 Å². The summed E-state index contributed by atoms with van der Waals surface area (Å²) in [6.07, 6.45) is 3.09. The van der Waals surface area contributed by atoms with Crippen LogP contribution in [0.3, 0.4) is 0 Å². The van der Waals surface area contributed by atoms with Gasteiger partial charge in [-0.25, -0.2) is 4.98 Å². The van der Waals surface area contributed by atoms with Crippen molar-refractivity contribution in [3.05, 3.63) is 53.4 Å². The third-order valence-electron chi connectivity index (χ3n) is 3.92. The maximum atomic E-state index is 12.9. The van der Waals surface area contributed by atoms with Crippen LogP contribution >= 0.6 is 23.1 Å². The van der Waals surface area contributed by atoms with Crippen LogP contribution in [0.25, 0.3) is 11.5 Å². The molecule has 138 valence electrons. The molecule has 0 unspecified atom stereocenters. The molecule has 7 nitrogen and oxygen atoms in total. The summed E-state index contributed by atoms with van der Waals surface area (Å²) in [5.74, 6) is 1.97. The predicted octanol–water partition coefficient (Wildman–Crippen LogP) is 2.97. The maximum absolute atomic E-state index is 12.9. The average molecular weight is 400 g/mol. The van der Waals surface area contributed by atoms with E-state index in [9.17, 15) is 9.59 Å². The summed E-state index contributed by atoms with van der Waals surface area (Å²) in [4.78, 5) is 36.2. The number of thiazole rings is 1. The van der Waals surface area contributed by atoms with Crippen molar-refractivity contribution in [2.75, 3.05) is 30.0 Å². The molecule has 0 aliphatic carbocycles. The molecular formula is C18H16N4O3S2. The monoisotopic (exact) mass is 400 g/mol. The molecule has 0 atom stereocenters. The molecule has 0 saturated carbocycles. The van der Waals surface area contributed by atoms with Crippen molar-refractivity contribution in [2.24, 2.45) is 0 Å². The molecule has 3 aromatic rings. The first-order valence-electron chi connectivity index (χ1n) is 8.31. The number of aromatic nitrogens is 2. The number of anilines is 1. The topological polar surface area (TPSA) is 88.3 Å². The van der Waals surface area contributed by atoms with Crippen LogP contribution in [0.15, 0.2) is 47.2 Å².